The summed E-state index contributed by atoms with van der Waals surface area (Å²) in [5.41, 5.74) is 1.94. The number of fused-ring (bicyclic) bond motifs is 1. The number of thioether (sulfide) groups is 1. The first-order chi connectivity index (χ1) is 7.58. The van der Waals surface area contributed by atoms with E-state index < -0.39 is 0 Å². The maximum Gasteiger partial charge on any atom is 0.256 e. The first-order valence-corrected chi connectivity index (χ1v) is 5.88. The molecule has 2 aromatic rings. The molecule has 0 radical (unpaired) electrons. The summed E-state index contributed by atoms with van der Waals surface area (Å²) < 4.78 is 1.86. The van der Waals surface area contributed by atoms with Crippen LogP contribution < -0.4 is 0 Å². The fraction of sp³-hybridized carbons (Fsp3) is 0.400. The summed E-state index contributed by atoms with van der Waals surface area (Å²) in [6, 6.07) is 1.97. The van der Waals surface area contributed by atoms with Gasteiger partial charge in [0, 0.05) is 11.4 Å². The van der Waals surface area contributed by atoms with Crippen LogP contribution in [-0.2, 0) is 4.79 Å². The number of Topliss-reactive ketones (excluding diaryl/α,β-unsaturated/α-hetero) is 1. The second kappa shape index (κ2) is 4.21. The van der Waals surface area contributed by atoms with E-state index in [9.17, 15) is 4.79 Å². The van der Waals surface area contributed by atoms with Gasteiger partial charge in [-0.05, 0) is 26.8 Å². The largest absolute Gasteiger partial charge is 0.299 e. The lowest BCUT2D eigenvalue weighted by Crippen LogP contribution is -1.99. The number of nitrogens with zero attached hydrogens (tertiary/aromatic N) is 4. The molecule has 0 aromatic carbocycles. The highest BCUT2D eigenvalue weighted by Gasteiger charge is 2.10. The molecule has 5 nitrogen and oxygen atoms in total. The lowest BCUT2D eigenvalue weighted by molar-refractivity contribution is -0.114. The Morgan fingerprint density at radius 3 is 2.88 bits per heavy atom. The molecule has 16 heavy (non-hydrogen) atoms. The van der Waals surface area contributed by atoms with E-state index in [0.717, 1.165) is 16.5 Å². The lowest BCUT2D eigenvalue weighted by atomic mass is 10.3. The Hall–Kier alpha value is -1.43. The van der Waals surface area contributed by atoms with Crippen molar-refractivity contribution in [1.29, 1.82) is 0 Å². The number of hydrogen-bond acceptors (Lipinski definition) is 5. The molecule has 0 spiro atoms. The van der Waals surface area contributed by atoms with Crippen molar-refractivity contribution in [2.75, 3.05) is 5.75 Å². The van der Waals surface area contributed by atoms with Crippen LogP contribution in [-0.4, -0.2) is 31.1 Å². The Labute approximate surface area is 97.3 Å². The minimum absolute atomic E-state index is 0.125. The SMILES string of the molecule is CC(=O)CSc1nnc2nc(C)cc(C)n12. The van der Waals surface area contributed by atoms with Crippen molar-refractivity contribution in [2.24, 2.45) is 0 Å². The van der Waals surface area contributed by atoms with Crippen LogP contribution >= 0.6 is 11.8 Å². The van der Waals surface area contributed by atoms with E-state index in [1.54, 1.807) is 6.92 Å². The number of aromatic nitrogens is 4. The second-order valence-electron chi connectivity index (χ2n) is 3.65. The molecule has 2 heterocycles. The average Bonchev–Trinajstić information content (AvgIpc) is 2.57. The molecule has 0 bridgehead atoms. The fourth-order valence-corrected chi connectivity index (χ4v) is 2.25. The van der Waals surface area contributed by atoms with Crippen molar-refractivity contribution in [1.82, 2.24) is 19.6 Å². The third kappa shape index (κ3) is 2.06. The van der Waals surface area contributed by atoms with Crippen LogP contribution in [0.15, 0.2) is 11.2 Å². The maximum atomic E-state index is 10.9. The molecule has 0 aliphatic carbocycles. The van der Waals surface area contributed by atoms with Gasteiger partial charge in [0.1, 0.15) is 5.78 Å². The molecule has 2 rings (SSSR count). The molecule has 0 fully saturated rings. The normalized spacial score (nSPS) is 10.9. The topological polar surface area (TPSA) is 60.2 Å². The molecule has 0 saturated heterocycles. The van der Waals surface area contributed by atoms with Crippen molar-refractivity contribution >= 4 is 23.3 Å². The Bertz CT molecular complexity index is 549. The predicted octanol–water partition coefficient (Wildman–Crippen LogP) is 1.42. The highest BCUT2D eigenvalue weighted by atomic mass is 32.2. The van der Waals surface area contributed by atoms with Crippen molar-refractivity contribution in [3.8, 4) is 0 Å². The van der Waals surface area contributed by atoms with Gasteiger partial charge in [-0.25, -0.2) is 4.98 Å². The fourth-order valence-electron chi connectivity index (χ4n) is 1.46. The van der Waals surface area contributed by atoms with Gasteiger partial charge in [-0.2, -0.15) is 0 Å². The molecule has 0 aliphatic rings. The third-order valence-corrected chi connectivity index (χ3v) is 3.14. The molecule has 2 aromatic heterocycles. The van der Waals surface area contributed by atoms with Crippen molar-refractivity contribution in [3.05, 3.63) is 17.5 Å². The first-order valence-electron chi connectivity index (χ1n) is 4.89. The minimum Gasteiger partial charge on any atom is -0.299 e. The van der Waals surface area contributed by atoms with Gasteiger partial charge in [0.2, 0.25) is 0 Å². The summed E-state index contributed by atoms with van der Waals surface area (Å²) in [6.07, 6.45) is 0. The lowest BCUT2D eigenvalue weighted by Gasteiger charge is -2.02. The molecule has 0 N–H and O–H groups in total. The molecule has 0 aliphatic heterocycles. The summed E-state index contributed by atoms with van der Waals surface area (Å²) in [5, 5.41) is 8.74. The van der Waals surface area contributed by atoms with Gasteiger partial charge in [-0.1, -0.05) is 11.8 Å². The van der Waals surface area contributed by atoms with Crippen LogP contribution in [0.2, 0.25) is 0 Å². The second-order valence-corrected chi connectivity index (χ2v) is 4.59. The molecule has 84 valence electrons. The Morgan fingerprint density at radius 2 is 2.19 bits per heavy atom. The minimum atomic E-state index is 0.125. The number of carbonyl (C=O) groups is 1. The molecule has 0 saturated carbocycles. The summed E-state index contributed by atoms with van der Waals surface area (Å²) >= 11 is 1.38. The number of carbonyl (C=O) groups excluding carboxylic acids is 1. The maximum absolute atomic E-state index is 10.9. The number of aryl methyl sites for hydroxylation is 2. The van der Waals surface area contributed by atoms with Crippen LogP contribution in [0.3, 0.4) is 0 Å². The molecule has 0 atom stereocenters. The van der Waals surface area contributed by atoms with E-state index in [4.69, 9.17) is 0 Å². The van der Waals surface area contributed by atoms with Crippen LogP contribution in [0, 0.1) is 13.8 Å². The molecule has 0 unspecified atom stereocenters. The predicted molar refractivity (Wildman–Crippen MR) is 61.7 cm³/mol. The number of ketones is 1. The number of rotatable bonds is 3. The molecule has 0 amide bonds. The third-order valence-electron chi connectivity index (χ3n) is 2.07. The quantitative estimate of drug-likeness (QED) is 0.754. The first kappa shape index (κ1) is 11.1. The van der Waals surface area contributed by atoms with Crippen molar-refractivity contribution in [2.45, 2.75) is 25.9 Å². The van der Waals surface area contributed by atoms with Crippen molar-refractivity contribution in [3.63, 3.8) is 0 Å². The molecular formula is C10H12N4OS. The van der Waals surface area contributed by atoms with E-state index in [1.165, 1.54) is 11.8 Å². The van der Waals surface area contributed by atoms with Gasteiger partial charge in [0.15, 0.2) is 5.16 Å². The van der Waals surface area contributed by atoms with Crippen LogP contribution in [0.25, 0.3) is 5.78 Å². The van der Waals surface area contributed by atoms with Gasteiger partial charge in [-0.15, -0.1) is 10.2 Å². The zero-order valence-corrected chi connectivity index (χ0v) is 10.2. The molecular weight excluding hydrogens is 224 g/mol. The highest BCUT2D eigenvalue weighted by molar-refractivity contribution is 7.99. The summed E-state index contributed by atoms with van der Waals surface area (Å²) in [7, 11) is 0. The number of hydrogen-bond donors (Lipinski definition) is 0. The Morgan fingerprint density at radius 1 is 1.44 bits per heavy atom. The summed E-state index contributed by atoms with van der Waals surface area (Å²) in [5.74, 6) is 1.12. The van der Waals surface area contributed by atoms with Gasteiger partial charge in [0.25, 0.3) is 5.78 Å². The molecule has 6 heteroatoms. The summed E-state index contributed by atoms with van der Waals surface area (Å²) in [4.78, 5) is 15.2. The standard InChI is InChI=1S/C10H12N4OS/c1-6-4-7(2)14-9(11-6)12-13-10(14)16-5-8(3)15/h4H,5H2,1-3H3. The van der Waals surface area contributed by atoms with Gasteiger partial charge >= 0.3 is 0 Å². The van der Waals surface area contributed by atoms with E-state index in [0.29, 0.717) is 11.5 Å². The average molecular weight is 236 g/mol. The van der Waals surface area contributed by atoms with Crippen LogP contribution in [0.4, 0.5) is 0 Å². The Kier molecular flexibility index (Phi) is 2.91. The van der Waals surface area contributed by atoms with E-state index in [2.05, 4.69) is 15.2 Å². The summed E-state index contributed by atoms with van der Waals surface area (Å²) in [6.45, 7) is 5.46. The monoisotopic (exact) mass is 236 g/mol. The smallest absolute Gasteiger partial charge is 0.256 e. The van der Waals surface area contributed by atoms with E-state index >= 15 is 0 Å². The van der Waals surface area contributed by atoms with E-state index in [-0.39, 0.29) is 5.78 Å². The highest BCUT2D eigenvalue weighted by Crippen LogP contribution is 2.18. The Balaban J connectivity index is 2.43. The van der Waals surface area contributed by atoms with Gasteiger partial charge in [-0.3, -0.25) is 9.20 Å². The van der Waals surface area contributed by atoms with Gasteiger partial charge in [0.05, 0.1) is 5.75 Å². The zero-order valence-electron chi connectivity index (χ0n) is 9.39. The zero-order chi connectivity index (χ0) is 11.7. The van der Waals surface area contributed by atoms with Crippen LogP contribution in [0.5, 0.6) is 0 Å². The van der Waals surface area contributed by atoms with Crippen LogP contribution in [0.1, 0.15) is 18.3 Å². The van der Waals surface area contributed by atoms with Gasteiger partial charge < -0.3 is 0 Å². The van der Waals surface area contributed by atoms with Crippen molar-refractivity contribution < 1.29 is 4.79 Å². The van der Waals surface area contributed by atoms with E-state index in [1.807, 2.05) is 24.3 Å².